The third-order valence-corrected chi connectivity index (χ3v) is 8.35. The van der Waals surface area contributed by atoms with Crippen molar-refractivity contribution in [3.05, 3.63) is 0 Å². The number of hydrogen-bond acceptors (Lipinski definition) is 7. The van der Waals surface area contributed by atoms with Crippen molar-refractivity contribution in [1.29, 1.82) is 0 Å². The van der Waals surface area contributed by atoms with Gasteiger partial charge in [-0.3, -0.25) is 0 Å². The van der Waals surface area contributed by atoms with Crippen molar-refractivity contribution in [3.8, 4) is 0 Å². The summed E-state index contributed by atoms with van der Waals surface area (Å²) in [6.45, 7) is 9.39. The second-order valence-corrected chi connectivity index (χ2v) is 12.9. The maximum absolute atomic E-state index is 12.2. The summed E-state index contributed by atoms with van der Waals surface area (Å²) in [6, 6.07) is 0. The van der Waals surface area contributed by atoms with E-state index in [1.54, 1.807) is 0 Å². The summed E-state index contributed by atoms with van der Waals surface area (Å²) < 4.78 is 28.2. The molecular formula is C38H79ClN2O6. The zero-order valence-electron chi connectivity index (χ0n) is 31.1. The van der Waals surface area contributed by atoms with Crippen LogP contribution >= 0.6 is 12.4 Å². The Morgan fingerprint density at radius 3 is 1.40 bits per heavy atom. The summed E-state index contributed by atoms with van der Waals surface area (Å²) >= 11 is 0. The van der Waals surface area contributed by atoms with Gasteiger partial charge in [0.25, 0.3) is 0 Å². The number of unbranched alkanes of at least 4 members (excludes halogenated alkanes) is 22. The first-order valence-electron chi connectivity index (χ1n) is 19.7. The van der Waals surface area contributed by atoms with Gasteiger partial charge in [-0.15, -0.1) is 12.4 Å². The van der Waals surface area contributed by atoms with Gasteiger partial charge in [0.15, 0.2) is 0 Å². The monoisotopic (exact) mass is 695 g/mol. The molecule has 0 bridgehead atoms. The summed E-state index contributed by atoms with van der Waals surface area (Å²) in [5.41, 5.74) is 5.39. The lowest BCUT2D eigenvalue weighted by Gasteiger charge is -2.18. The van der Waals surface area contributed by atoms with Crippen LogP contribution in [-0.4, -0.2) is 78.1 Å². The van der Waals surface area contributed by atoms with Crippen LogP contribution < -0.4 is 11.1 Å². The van der Waals surface area contributed by atoms with Crippen LogP contribution in [0.1, 0.15) is 168 Å². The van der Waals surface area contributed by atoms with Crippen molar-refractivity contribution in [2.75, 3.05) is 65.9 Å². The summed E-state index contributed by atoms with van der Waals surface area (Å²) in [4.78, 5) is 12.2. The van der Waals surface area contributed by atoms with Crippen LogP contribution in [0.5, 0.6) is 0 Å². The Labute approximate surface area is 297 Å². The molecule has 8 nitrogen and oxygen atoms in total. The van der Waals surface area contributed by atoms with Gasteiger partial charge in [0, 0.05) is 26.3 Å². The number of hydrogen-bond donors (Lipinski definition) is 2. The first-order chi connectivity index (χ1) is 22.7. The van der Waals surface area contributed by atoms with Crippen molar-refractivity contribution >= 4 is 18.5 Å². The number of rotatable bonds is 39. The predicted molar refractivity (Wildman–Crippen MR) is 200 cm³/mol. The molecule has 1 amide bonds. The average molecular weight is 696 g/mol. The standard InChI is InChI=1S/C38H78N2O6.ClH/c1-3-5-7-9-11-13-15-17-19-21-23-25-29-44-35-37(36-46-38(41)40-28-32-43-34-33-42-31-27-39)45-30-26-24-22-20-18-16-14-12-10-8-6-4-2;/h37H,3-36,39H2,1-2H3,(H,40,41);1H. The molecule has 0 aliphatic carbocycles. The first-order valence-corrected chi connectivity index (χ1v) is 19.7. The highest BCUT2D eigenvalue weighted by atomic mass is 35.5. The van der Waals surface area contributed by atoms with Crippen LogP contribution in [0.3, 0.4) is 0 Å². The number of halogens is 1. The highest BCUT2D eigenvalue weighted by Crippen LogP contribution is 2.13. The number of carbonyl (C=O) groups excluding carboxylic acids is 1. The lowest BCUT2D eigenvalue weighted by Crippen LogP contribution is -2.33. The molecule has 0 radical (unpaired) electrons. The van der Waals surface area contributed by atoms with Crippen LogP contribution in [0.15, 0.2) is 0 Å². The van der Waals surface area contributed by atoms with Crippen molar-refractivity contribution < 1.29 is 28.5 Å². The zero-order chi connectivity index (χ0) is 33.4. The normalized spacial score (nSPS) is 11.8. The van der Waals surface area contributed by atoms with Gasteiger partial charge >= 0.3 is 6.09 Å². The molecule has 9 heteroatoms. The van der Waals surface area contributed by atoms with E-state index in [-0.39, 0.29) is 25.1 Å². The van der Waals surface area contributed by atoms with Gasteiger partial charge in [-0.1, -0.05) is 155 Å². The van der Waals surface area contributed by atoms with Crippen LogP contribution in [0.2, 0.25) is 0 Å². The molecule has 0 aromatic heterocycles. The average Bonchev–Trinajstić information content (AvgIpc) is 3.06. The zero-order valence-corrected chi connectivity index (χ0v) is 31.9. The Bertz CT molecular complexity index is 590. The molecule has 0 saturated heterocycles. The Balaban J connectivity index is 0. The van der Waals surface area contributed by atoms with E-state index in [1.165, 1.54) is 141 Å². The molecule has 284 valence electrons. The lowest BCUT2D eigenvalue weighted by atomic mass is 10.1. The van der Waals surface area contributed by atoms with E-state index in [0.717, 1.165) is 19.4 Å². The van der Waals surface area contributed by atoms with Gasteiger partial charge in [0.2, 0.25) is 0 Å². The molecule has 1 atom stereocenters. The highest BCUT2D eigenvalue weighted by Gasteiger charge is 2.13. The molecule has 0 fully saturated rings. The number of alkyl carbamates (subject to hydrolysis) is 1. The fraction of sp³-hybridized carbons (Fsp3) is 0.974. The summed E-state index contributed by atoms with van der Waals surface area (Å²) in [5.74, 6) is 0. The molecule has 0 aromatic rings. The number of nitrogens with one attached hydrogen (secondary N) is 1. The van der Waals surface area contributed by atoms with Crippen molar-refractivity contribution in [1.82, 2.24) is 5.32 Å². The number of amides is 1. The van der Waals surface area contributed by atoms with E-state index < -0.39 is 6.09 Å². The SMILES string of the molecule is CCCCCCCCCCCCCCOCC(COC(=O)NCCOCCOCCN)OCCCCCCCCCCCCCC.Cl. The summed E-state index contributed by atoms with van der Waals surface area (Å²) in [6.07, 6.45) is 31.1. The van der Waals surface area contributed by atoms with Crippen molar-refractivity contribution in [2.24, 2.45) is 5.73 Å². The van der Waals surface area contributed by atoms with Crippen LogP contribution in [-0.2, 0) is 23.7 Å². The molecule has 0 rings (SSSR count). The molecule has 0 aliphatic heterocycles. The van der Waals surface area contributed by atoms with Gasteiger partial charge in [-0.2, -0.15) is 0 Å². The summed E-state index contributed by atoms with van der Waals surface area (Å²) in [5, 5.41) is 2.73. The van der Waals surface area contributed by atoms with Gasteiger partial charge in [0.1, 0.15) is 12.7 Å². The molecular weight excluding hydrogens is 616 g/mol. The molecule has 0 saturated carbocycles. The quantitative estimate of drug-likeness (QED) is 0.0618. The maximum Gasteiger partial charge on any atom is 0.407 e. The van der Waals surface area contributed by atoms with E-state index in [9.17, 15) is 4.79 Å². The first kappa shape index (κ1) is 48.5. The lowest BCUT2D eigenvalue weighted by molar-refractivity contribution is -0.0469. The third-order valence-electron chi connectivity index (χ3n) is 8.35. The molecule has 0 heterocycles. The number of ether oxygens (including phenoxy) is 5. The predicted octanol–water partition coefficient (Wildman–Crippen LogP) is 9.93. The number of nitrogens with two attached hydrogens (primary N) is 1. The smallest absolute Gasteiger partial charge is 0.407 e. The largest absolute Gasteiger partial charge is 0.447 e. The van der Waals surface area contributed by atoms with Crippen molar-refractivity contribution in [3.63, 3.8) is 0 Å². The fourth-order valence-electron chi connectivity index (χ4n) is 5.45. The van der Waals surface area contributed by atoms with E-state index in [1.807, 2.05) is 0 Å². The molecule has 0 aliphatic rings. The number of carbonyl (C=O) groups is 1. The van der Waals surface area contributed by atoms with E-state index in [2.05, 4.69) is 19.2 Å². The minimum atomic E-state index is -0.456. The highest BCUT2D eigenvalue weighted by molar-refractivity contribution is 5.85. The minimum absolute atomic E-state index is 0. The fourth-order valence-corrected chi connectivity index (χ4v) is 5.45. The Morgan fingerprint density at radius 2 is 0.936 bits per heavy atom. The second-order valence-electron chi connectivity index (χ2n) is 12.9. The van der Waals surface area contributed by atoms with Crippen LogP contribution in [0.4, 0.5) is 4.79 Å². The topological polar surface area (TPSA) is 101 Å². The van der Waals surface area contributed by atoms with Gasteiger partial charge in [-0.25, -0.2) is 4.79 Å². The van der Waals surface area contributed by atoms with Crippen LogP contribution in [0.25, 0.3) is 0 Å². The Kier molecular flexibility index (Phi) is 44.7. The van der Waals surface area contributed by atoms with E-state index >= 15 is 0 Å². The molecule has 3 N–H and O–H groups in total. The molecule has 0 aromatic carbocycles. The minimum Gasteiger partial charge on any atom is -0.447 e. The van der Waals surface area contributed by atoms with E-state index in [0.29, 0.717) is 52.7 Å². The van der Waals surface area contributed by atoms with Gasteiger partial charge < -0.3 is 34.7 Å². The molecule has 0 spiro atoms. The molecule has 47 heavy (non-hydrogen) atoms. The maximum atomic E-state index is 12.2. The Morgan fingerprint density at radius 1 is 0.511 bits per heavy atom. The van der Waals surface area contributed by atoms with Gasteiger partial charge in [-0.05, 0) is 12.8 Å². The van der Waals surface area contributed by atoms with E-state index in [4.69, 9.17) is 29.4 Å². The van der Waals surface area contributed by atoms with Gasteiger partial charge in [0.05, 0.1) is 33.0 Å². The summed E-state index contributed by atoms with van der Waals surface area (Å²) in [7, 11) is 0. The second kappa shape index (κ2) is 43.4. The van der Waals surface area contributed by atoms with Crippen LogP contribution in [0, 0.1) is 0 Å². The molecule has 1 unspecified atom stereocenters. The van der Waals surface area contributed by atoms with Crippen molar-refractivity contribution in [2.45, 2.75) is 174 Å². The third kappa shape index (κ3) is 41.4. The Hall–Kier alpha value is -0.640.